The molecule has 5 heteroatoms. The fourth-order valence-electron chi connectivity index (χ4n) is 2.01. The highest BCUT2D eigenvalue weighted by atomic mass is 16.5. The van der Waals surface area contributed by atoms with E-state index in [0.717, 1.165) is 11.3 Å². The summed E-state index contributed by atoms with van der Waals surface area (Å²) in [4.78, 5) is 12.9. The Hall–Kier alpha value is -2.69. The molecule has 0 unspecified atom stereocenters. The number of hydrogen-bond donors (Lipinski definition) is 1. The molecule has 0 amide bonds. The molecule has 0 aliphatic carbocycles. The standard InChI is InChI=1S/C15H14N4O/c1-2-20-14-13-12(18-15(16)19-14)9-8-11(17-13)10-6-4-3-5-7-10/h3-9H,2H2,1H3,(H2,16,18,19). The average Bonchev–Trinajstić information content (AvgIpc) is 2.48. The van der Waals surface area contributed by atoms with Crippen LogP contribution < -0.4 is 10.5 Å². The zero-order valence-corrected chi connectivity index (χ0v) is 11.1. The van der Waals surface area contributed by atoms with Crippen molar-refractivity contribution < 1.29 is 4.74 Å². The predicted octanol–water partition coefficient (Wildman–Crippen LogP) is 2.67. The van der Waals surface area contributed by atoms with Crippen LogP contribution in [0, 0.1) is 0 Å². The fourth-order valence-corrected chi connectivity index (χ4v) is 2.01. The molecule has 2 aromatic heterocycles. The van der Waals surface area contributed by atoms with Crippen LogP contribution >= 0.6 is 0 Å². The number of hydrogen-bond acceptors (Lipinski definition) is 5. The lowest BCUT2D eigenvalue weighted by molar-refractivity contribution is 0.330. The van der Waals surface area contributed by atoms with Crippen LogP contribution in [0.3, 0.4) is 0 Å². The summed E-state index contributed by atoms with van der Waals surface area (Å²) in [5.74, 6) is 0.614. The van der Waals surface area contributed by atoms with Crippen LogP contribution in [0.1, 0.15) is 6.92 Å². The van der Waals surface area contributed by atoms with E-state index in [2.05, 4.69) is 15.0 Å². The Morgan fingerprint density at radius 3 is 2.55 bits per heavy atom. The van der Waals surface area contributed by atoms with Crippen LogP contribution in [-0.2, 0) is 0 Å². The Bertz CT molecular complexity index is 743. The molecule has 2 heterocycles. The molecule has 0 radical (unpaired) electrons. The highest BCUT2D eigenvalue weighted by Crippen LogP contribution is 2.25. The SMILES string of the molecule is CCOc1nc(N)nc2ccc(-c3ccccc3)nc12. The van der Waals surface area contributed by atoms with Gasteiger partial charge in [0.15, 0.2) is 5.52 Å². The van der Waals surface area contributed by atoms with Crippen LogP contribution in [0.25, 0.3) is 22.3 Å². The first-order valence-corrected chi connectivity index (χ1v) is 6.40. The molecule has 5 nitrogen and oxygen atoms in total. The van der Waals surface area contributed by atoms with Crippen LogP contribution in [0.15, 0.2) is 42.5 Å². The number of nitrogen functional groups attached to an aromatic ring is 1. The van der Waals surface area contributed by atoms with Crippen molar-refractivity contribution in [3.8, 4) is 17.1 Å². The van der Waals surface area contributed by atoms with Crippen LogP contribution in [0.5, 0.6) is 5.88 Å². The van der Waals surface area contributed by atoms with Gasteiger partial charge in [-0.2, -0.15) is 4.98 Å². The lowest BCUT2D eigenvalue weighted by Crippen LogP contribution is -2.02. The molecule has 100 valence electrons. The molecular formula is C15H14N4O. The molecular weight excluding hydrogens is 252 g/mol. The lowest BCUT2D eigenvalue weighted by Gasteiger charge is -2.08. The largest absolute Gasteiger partial charge is 0.476 e. The fraction of sp³-hybridized carbons (Fsp3) is 0.133. The van der Waals surface area contributed by atoms with Crippen molar-refractivity contribution in [1.29, 1.82) is 0 Å². The van der Waals surface area contributed by atoms with Crippen molar-refractivity contribution in [3.05, 3.63) is 42.5 Å². The van der Waals surface area contributed by atoms with Gasteiger partial charge in [-0.15, -0.1) is 0 Å². The van der Waals surface area contributed by atoms with Gasteiger partial charge in [-0.25, -0.2) is 9.97 Å². The third-order valence-electron chi connectivity index (χ3n) is 2.88. The molecule has 0 aliphatic heterocycles. The van der Waals surface area contributed by atoms with Gasteiger partial charge in [-0.05, 0) is 19.1 Å². The molecule has 3 aromatic rings. The summed E-state index contributed by atoms with van der Waals surface area (Å²) in [5.41, 5.74) is 8.87. The zero-order chi connectivity index (χ0) is 13.9. The number of aromatic nitrogens is 3. The van der Waals surface area contributed by atoms with E-state index in [1.54, 1.807) is 0 Å². The molecule has 3 rings (SSSR count). The first-order valence-electron chi connectivity index (χ1n) is 6.40. The minimum atomic E-state index is 0.190. The van der Waals surface area contributed by atoms with Crippen molar-refractivity contribution >= 4 is 17.0 Å². The summed E-state index contributed by atoms with van der Waals surface area (Å²) in [6.45, 7) is 2.40. The summed E-state index contributed by atoms with van der Waals surface area (Å²) in [6.07, 6.45) is 0. The quantitative estimate of drug-likeness (QED) is 0.789. The van der Waals surface area contributed by atoms with Crippen LogP contribution in [-0.4, -0.2) is 21.6 Å². The van der Waals surface area contributed by atoms with Gasteiger partial charge in [0.2, 0.25) is 11.8 Å². The van der Waals surface area contributed by atoms with Gasteiger partial charge in [0.05, 0.1) is 17.8 Å². The van der Waals surface area contributed by atoms with E-state index in [1.165, 1.54) is 0 Å². The van der Waals surface area contributed by atoms with E-state index in [9.17, 15) is 0 Å². The van der Waals surface area contributed by atoms with E-state index in [1.807, 2.05) is 49.4 Å². The molecule has 0 bridgehead atoms. The lowest BCUT2D eigenvalue weighted by atomic mass is 10.1. The third kappa shape index (κ3) is 2.25. The highest BCUT2D eigenvalue weighted by Gasteiger charge is 2.10. The zero-order valence-electron chi connectivity index (χ0n) is 11.1. The second-order valence-electron chi connectivity index (χ2n) is 4.25. The summed E-state index contributed by atoms with van der Waals surface area (Å²) >= 11 is 0. The second-order valence-corrected chi connectivity index (χ2v) is 4.25. The first kappa shape index (κ1) is 12.3. The number of benzene rings is 1. The topological polar surface area (TPSA) is 73.9 Å². The van der Waals surface area contributed by atoms with Gasteiger partial charge in [-0.1, -0.05) is 30.3 Å². The number of nitrogens with zero attached hydrogens (tertiary/aromatic N) is 3. The minimum absolute atomic E-state index is 0.190. The highest BCUT2D eigenvalue weighted by molar-refractivity contribution is 5.83. The second kappa shape index (κ2) is 5.13. The summed E-state index contributed by atoms with van der Waals surface area (Å²) in [5, 5.41) is 0. The Balaban J connectivity index is 2.19. The smallest absolute Gasteiger partial charge is 0.245 e. The van der Waals surface area contributed by atoms with Gasteiger partial charge in [-0.3, -0.25) is 0 Å². The molecule has 0 atom stereocenters. The molecule has 20 heavy (non-hydrogen) atoms. The molecule has 1 aromatic carbocycles. The predicted molar refractivity (Wildman–Crippen MR) is 78.4 cm³/mol. The number of rotatable bonds is 3. The number of pyridine rings is 1. The van der Waals surface area contributed by atoms with Gasteiger partial charge in [0.1, 0.15) is 0 Å². The molecule has 0 spiro atoms. The number of fused-ring (bicyclic) bond motifs is 1. The van der Waals surface area contributed by atoms with Crippen molar-refractivity contribution in [3.63, 3.8) is 0 Å². The van der Waals surface area contributed by atoms with Gasteiger partial charge in [0.25, 0.3) is 0 Å². The van der Waals surface area contributed by atoms with Gasteiger partial charge < -0.3 is 10.5 Å². The van der Waals surface area contributed by atoms with Gasteiger partial charge in [0, 0.05) is 5.56 Å². The van der Waals surface area contributed by atoms with E-state index >= 15 is 0 Å². The molecule has 2 N–H and O–H groups in total. The van der Waals surface area contributed by atoms with Gasteiger partial charge >= 0.3 is 0 Å². The first-order chi connectivity index (χ1) is 9.78. The maximum absolute atomic E-state index is 5.67. The molecule has 0 saturated carbocycles. The average molecular weight is 266 g/mol. The van der Waals surface area contributed by atoms with Crippen LogP contribution in [0.4, 0.5) is 5.95 Å². The molecule has 0 fully saturated rings. The van der Waals surface area contributed by atoms with Crippen molar-refractivity contribution in [2.75, 3.05) is 12.3 Å². The third-order valence-corrected chi connectivity index (χ3v) is 2.88. The van der Waals surface area contributed by atoms with E-state index in [0.29, 0.717) is 23.5 Å². The van der Waals surface area contributed by atoms with E-state index in [-0.39, 0.29) is 5.95 Å². The maximum atomic E-state index is 5.67. The normalized spacial score (nSPS) is 10.7. The van der Waals surface area contributed by atoms with Crippen molar-refractivity contribution in [1.82, 2.24) is 15.0 Å². The minimum Gasteiger partial charge on any atom is -0.476 e. The molecule has 0 saturated heterocycles. The Kier molecular flexibility index (Phi) is 3.16. The Morgan fingerprint density at radius 2 is 1.80 bits per heavy atom. The van der Waals surface area contributed by atoms with Crippen molar-refractivity contribution in [2.45, 2.75) is 6.92 Å². The Morgan fingerprint density at radius 1 is 1.00 bits per heavy atom. The van der Waals surface area contributed by atoms with E-state index in [4.69, 9.17) is 10.5 Å². The Labute approximate surface area is 116 Å². The number of ether oxygens (including phenoxy) is 1. The summed E-state index contributed by atoms with van der Waals surface area (Å²) < 4.78 is 5.50. The van der Waals surface area contributed by atoms with Crippen LogP contribution in [0.2, 0.25) is 0 Å². The molecule has 0 aliphatic rings. The number of nitrogens with two attached hydrogens (primary N) is 1. The number of anilines is 1. The maximum Gasteiger partial charge on any atom is 0.245 e. The van der Waals surface area contributed by atoms with Crippen molar-refractivity contribution in [2.24, 2.45) is 0 Å². The summed E-state index contributed by atoms with van der Waals surface area (Å²) in [6, 6.07) is 13.7. The van der Waals surface area contributed by atoms with E-state index < -0.39 is 0 Å². The summed E-state index contributed by atoms with van der Waals surface area (Å²) in [7, 11) is 0. The monoisotopic (exact) mass is 266 g/mol.